The van der Waals surface area contributed by atoms with Crippen LogP contribution in [0.4, 0.5) is 0 Å². The van der Waals surface area contributed by atoms with Gasteiger partial charge in [-0.2, -0.15) is 0 Å². The fourth-order valence-corrected chi connectivity index (χ4v) is 0.613. The lowest BCUT2D eigenvalue weighted by atomic mass is 10.2. The first-order valence-corrected chi connectivity index (χ1v) is 3.45. The van der Waals surface area contributed by atoms with E-state index in [1.807, 2.05) is 0 Å². The average Bonchev–Trinajstić information content (AvgIpc) is 1.84. The predicted molar refractivity (Wildman–Crippen MR) is 43.6 cm³/mol. The van der Waals surface area contributed by atoms with Crippen molar-refractivity contribution in [3.63, 3.8) is 0 Å². The minimum atomic E-state index is -0.870. The summed E-state index contributed by atoms with van der Waals surface area (Å²) < 4.78 is 0. The van der Waals surface area contributed by atoms with E-state index in [0.29, 0.717) is 0 Å². The van der Waals surface area contributed by atoms with Gasteiger partial charge in [0.15, 0.2) is 0 Å². The van der Waals surface area contributed by atoms with Gasteiger partial charge in [0.1, 0.15) is 0 Å². The van der Waals surface area contributed by atoms with Crippen LogP contribution >= 0.6 is 0 Å². The number of hydrogen-bond donors (Lipinski definition) is 3. The molecule has 6 nitrogen and oxygen atoms in total. The molecule has 0 saturated carbocycles. The number of hydrogen-bond acceptors (Lipinski definition) is 4. The van der Waals surface area contributed by atoms with Crippen LogP contribution in [-0.2, 0) is 9.59 Å². The lowest BCUT2D eigenvalue weighted by Crippen LogP contribution is -2.47. The van der Waals surface area contributed by atoms with Gasteiger partial charge in [0, 0.05) is 14.1 Å². The van der Waals surface area contributed by atoms with Crippen molar-refractivity contribution in [2.45, 2.75) is 12.5 Å². The molecule has 0 spiro atoms. The number of carbonyl (C=O) groups excluding carboxylic acids is 2. The number of nitrogens with two attached hydrogens (primary N) is 2. The lowest BCUT2D eigenvalue weighted by molar-refractivity contribution is -0.129. The van der Waals surface area contributed by atoms with Crippen LogP contribution in [0.3, 0.4) is 0 Å². The molecule has 0 radical (unpaired) electrons. The number of primary amides is 1. The monoisotopic (exact) mass is 174 g/mol. The first-order chi connectivity index (χ1) is 5.43. The van der Waals surface area contributed by atoms with Gasteiger partial charge in [-0.3, -0.25) is 15.0 Å². The zero-order chi connectivity index (χ0) is 9.72. The highest BCUT2D eigenvalue weighted by molar-refractivity contribution is 5.87. The van der Waals surface area contributed by atoms with Crippen LogP contribution in [0, 0.1) is 0 Å². The third-order valence-electron chi connectivity index (χ3n) is 1.09. The van der Waals surface area contributed by atoms with Gasteiger partial charge in [0.2, 0.25) is 5.91 Å². The Balaban J connectivity index is 3.85. The van der Waals surface area contributed by atoms with Crippen molar-refractivity contribution >= 4 is 11.8 Å². The molecule has 0 fully saturated rings. The Morgan fingerprint density at radius 2 is 2.00 bits per heavy atom. The molecule has 1 unspecified atom stereocenters. The summed E-state index contributed by atoms with van der Waals surface area (Å²) in [6, 6.07) is -0.870. The Hall–Kier alpha value is -1.14. The molecule has 1 atom stereocenters. The largest absolute Gasteiger partial charge is 0.370 e. The molecular weight excluding hydrogens is 160 g/mol. The summed E-state index contributed by atoms with van der Waals surface area (Å²) in [7, 11) is 3.30. The minimum Gasteiger partial charge on any atom is -0.370 e. The Morgan fingerprint density at radius 3 is 2.33 bits per heavy atom. The summed E-state index contributed by atoms with van der Waals surface area (Å²) in [6.07, 6.45) is -0.139. The van der Waals surface area contributed by atoms with Gasteiger partial charge in [-0.15, -0.1) is 0 Å². The SMILES string of the molecule is CN(C)NC(=O)C(N)CC(N)=O. The van der Waals surface area contributed by atoms with Crippen molar-refractivity contribution in [2.75, 3.05) is 14.1 Å². The average molecular weight is 174 g/mol. The molecule has 0 aliphatic carbocycles. The van der Waals surface area contributed by atoms with Crippen molar-refractivity contribution in [1.29, 1.82) is 0 Å². The third kappa shape index (κ3) is 4.64. The highest BCUT2D eigenvalue weighted by Gasteiger charge is 2.15. The van der Waals surface area contributed by atoms with E-state index in [4.69, 9.17) is 11.5 Å². The molecule has 0 heterocycles. The van der Waals surface area contributed by atoms with E-state index in [0.717, 1.165) is 0 Å². The molecule has 2 amide bonds. The molecule has 70 valence electrons. The minimum absolute atomic E-state index is 0.139. The standard InChI is InChI=1S/C6H14N4O2/c1-10(2)9-6(12)4(7)3-5(8)11/h4H,3,7H2,1-2H3,(H2,8,11)(H,9,12). The van der Waals surface area contributed by atoms with Crippen molar-refractivity contribution < 1.29 is 9.59 Å². The van der Waals surface area contributed by atoms with Gasteiger partial charge in [-0.1, -0.05) is 0 Å². The molecule has 0 aliphatic rings. The highest BCUT2D eigenvalue weighted by atomic mass is 16.2. The summed E-state index contributed by atoms with van der Waals surface area (Å²) in [5.74, 6) is -1.00. The molecule has 0 bridgehead atoms. The van der Waals surface area contributed by atoms with E-state index in [9.17, 15) is 9.59 Å². The normalized spacial score (nSPS) is 12.7. The van der Waals surface area contributed by atoms with Gasteiger partial charge in [-0.25, -0.2) is 5.01 Å². The van der Waals surface area contributed by atoms with E-state index in [2.05, 4.69) is 5.43 Å². The number of nitrogens with zero attached hydrogens (tertiary/aromatic N) is 1. The lowest BCUT2D eigenvalue weighted by Gasteiger charge is -2.15. The van der Waals surface area contributed by atoms with Crippen LogP contribution in [0.5, 0.6) is 0 Å². The predicted octanol–water partition coefficient (Wildman–Crippen LogP) is -2.22. The first kappa shape index (κ1) is 10.9. The molecule has 12 heavy (non-hydrogen) atoms. The van der Waals surface area contributed by atoms with Gasteiger partial charge in [-0.05, 0) is 0 Å². The Bertz CT molecular complexity index is 180. The van der Waals surface area contributed by atoms with Crippen LogP contribution in [0.25, 0.3) is 0 Å². The van der Waals surface area contributed by atoms with Crippen LogP contribution < -0.4 is 16.9 Å². The molecule has 6 heteroatoms. The molecule has 0 rings (SSSR count). The Labute approximate surface area is 70.8 Å². The molecular formula is C6H14N4O2. The highest BCUT2D eigenvalue weighted by Crippen LogP contribution is 1.86. The van der Waals surface area contributed by atoms with Gasteiger partial charge in [0.05, 0.1) is 12.5 Å². The van der Waals surface area contributed by atoms with Crippen molar-refractivity contribution in [3.05, 3.63) is 0 Å². The van der Waals surface area contributed by atoms with E-state index >= 15 is 0 Å². The van der Waals surface area contributed by atoms with E-state index in [1.54, 1.807) is 14.1 Å². The quantitative estimate of drug-likeness (QED) is 0.420. The fourth-order valence-electron chi connectivity index (χ4n) is 0.613. The van der Waals surface area contributed by atoms with Crippen molar-refractivity contribution in [1.82, 2.24) is 10.4 Å². The first-order valence-electron chi connectivity index (χ1n) is 3.45. The second-order valence-electron chi connectivity index (χ2n) is 2.65. The smallest absolute Gasteiger partial charge is 0.251 e. The number of rotatable bonds is 4. The fraction of sp³-hybridized carbons (Fsp3) is 0.667. The zero-order valence-electron chi connectivity index (χ0n) is 7.20. The number of nitrogens with one attached hydrogen (secondary N) is 1. The van der Waals surface area contributed by atoms with Crippen LogP contribution in [-0.4, -0.2) is 37.0 Å². The maximum absolute atomic E-state index is 11.0. The van der Waals surface area contributed by atoms with Crippen molar-refractivity contribution in [3.8, 4) is 0 Å². The van der Waals surface area contributed by atoms with E-state index in [-0.39, 0.29) is 6.42 Å². The Kier molecular flexibility index (Phi) is 4.24. The van der Waals surface area contributed by atoms with Gasteiger partial charge >= 0.3 is 0 Å². The summed E-state index contributed by atoms with van der Waals surface area (Å²) >= 11 is 0. The summed E-state index contributed by atoms with van der Waals surface area (Å²) in [5.41, 5.74) is 12.6. The van der Waals surface area contributed by atoms with Crippen LogP contribution in [0.2, 0.25) is 0 Å². The molecule has 0 saturated heterocycles. The number of amides is 2. The van der Waals surface area contributed by atoms with E-state index < -0.39 is 17.9 Å². The topological polar surface area (TPSA) is 101 Å². The van der Waals surface area contributed by atoms with Crippen LogP contribution in [0.1, 0.15) is 6.42 Å². The number of carbonyl (C=O) groups is 2. The summed E-state index contributed by atoms with van der Waals surface area (Å²) in [5, 5.41) is 1.45. The van der Waals surface area contributed by atoms with Gasteiger partial charge < -0.3 is 11.5 Å². The number of hydrazine groups is 1. The maximum Gasteiger partial charge on any atom is 0.251 e. The molecule has 0 aromatic heterocycles. The second kappa shape index (κ2) is 4.68. The molecule has 0 aliphatic heterocycles. The molecule has 0 aromatic rings. The van der Waals surface area contributed by atoms with Crippen LogP contribution in [0.15, 0.2) is 0 Å². The summed E-state index contributed by atoms with van der Waals surface area (Å²) in [6.45, 7) is 0. The second-order valence-corrected chi connectivity index (χ2v) is 2.65. The summed E-state index contributed by atoms with van der Waals surface area (Å²) in [4.78, 5) is 21.4. The zero-order valence-corrected chi connectivity index (χ0v) is 7.20. The molecule has 5 N–H and O–H groups in total. The third-order valence-corrected chi connectivity index (χ3v) is 1.09. The maximum atomic E-state index is 11.0. The molecule has 0 aromatic carbocycles. The Morgan fingerprint density at radius 1 is 1.50 bits per heavy atom. The van der Waals surface area contributed by atoms with Gasteiger partial charge in [0.25, 0.3) is 5.91 Å². The van der Waals surface area contributed by atoms with E-state index in [1.165, 1.54) is 5.01 Å². The van der Waals surface area contributed by atoms with Crippen molar-refractivity contribution in [2.24, 2.45) is 11.5 Å².